The van der Waals surface area contributed by atoms with Crippen molar-refractivity contribution in [2.24, 2.45) is 0 Å². The normalized spacial score (nSPS) is 11.8. The zero-order chi connectivity index (χ0) is 31.5. The van der Waals surface area contributed by atoms with Gasteiger partial charge < -0.3 is 33.5 Å². The molecule has 234 valence electrons. The standard InChI is InChI=1S/C33H41ClO9/c1-24(2)33(37)43-19-8-6-5-7-18-41-29-15-11-26(23-30(29)38-3)13-17-32(36)42-21-9-20-40-28-14-10-25(22-27(28)34)12-16-31(35)39-4/h10-17,22-23,31,35H,1,5-9,18-21H2,2-4H3/b16-12+,17-13+. The van der Waals surface area contributed by atoms with Crippen LogP contribution in [0.25, 0.3) is 12.2 Å². The van der Waals surface area contributed by atoms with E-state index in [1.165, 1.54) is 19.3 Å². The first-order valence-corrected chi connectivity index (χ1v) is 14.4. The van der Waals surface area contributed by atoms with E-state index in [1.807, 2.05) is 6.07 Å². The Morgan fingerprint density at radius 2 is 1.47 bits per heavy atom. The van der Waals surface area contributed by atoms with Gasteiger partial charge in [0, 0.05) is 25.2 Å². The number of rotatable bonds is 20. The molecule has 0 aliphatic carbocycles. The van der Waals surface area contributed by atoms with Gasteiger partial charge in [-0.05, 0) is 80.2 Å². The lowest BCUT2D eigenvalue weighted by atomic mass is 10.2. The smallest absolute Gasteiger partial charge is 0.333 e. The molecule has 10 heteroatoms. The highest BCUT2D eigenvalue weighted by atomic mass is 35.5. The summed E-state index contributed by atoms with van der Waals surface area (Å²) in [6, 6.07) is 10.7. The number of unbranched alkanes of at least 4 members (excludes halogenated alkanes) is 3. The van der Waals surface area contributed by atoms with Crippen LogP contribution in [0, 0.1) is 0 Å². The van der Waals surface area contributed by atoms with Crippen LogP contribution in [-0.4, -0.2) is 64.0 Å². The molecule has 0 spiro atoms. The lowest BCUT2D eigenvalue weighted by Gasteiger charge is -2.11. The quantitative estimate of drug-likeness (QED) is 0.0781. The first-order valence-electron chi connectivity index (χ1n) is 14.0. The molecular weight excluding hydrogens is 576 g/mol. The molecule has 1 N–H and O–H groups in total. The molecule has 0 radical (unpaired) electrons. The molecule has 1 unspecified atom stereocenters. The molecule has 0 amide bonds. The topological polar surface area (TPSA) is 110 Å². The van der Waals surface area contributed by atoms with E-state index < -0.39 is 12.3 Å². The van der Waals surface area contributed by atoms with Crippen molar-refractivity contribution in [1.82, 2.24) is 0 Å². The number of aliphatic hydroxyl groups is 1. The highest BCUT2D eigenvalue weighted by Crippen LogP contribution is 2.29. The van der Waals surface area contributed by atoms with Crippen LogP contribution in [0.5, 0.6) is 17.2 Å². The predicted octanol–water partition coefficient (Wildman–Crippen LogP) is 6.41. The molecule has 43 heavy (non-hydrogen) atoms. The van der Waals surface area contributed by atoms with E-state index in [0.29, 0.717) is 54.1 Å². The molecule has 2 aromatic carbocycles. The van der Waals surface area contributed by atoms with E-state index in [0.717, 1.165) is 36.8 Å². The van der Waals surface area contributed by atoms with Gasteiger partial charge in [-0.15, -0.1) is 0 Å². The van der Waals surface area contributed by atoms with Gasteiger partial charge in [-0.1, -0.05) is 36.4 Å². The van der Waals surface area contributed by atoms with E-state index >= 15 is 0 Å². The Hall–Kier alpha value is -3.79. The zero-order valence-electron chi connectivity index (χ0n) is 25.0. The molecule has 2 rings (SSSR count). The Morgan fingerprint density at radius 3 is 2.14 bits per heavy atom. The number of esters is 2. The fraction of sp³-hybridized carbons (Fsp3) is 0.394. The van der Waals surface area contributed by atoms with Crippen molar-refractivity contribution in [3.8, 4) is 17.2 Å². The fourth-order valence-electron chi connectivity index (χ4n) is 3.57. The second-order valence-corrected chi connectivity index (χ2v) is 9.87. The van der Waals surface area contributed by atoms with E-state index in [-0.39, 0.29) is 12.6 Å². The molecule has 1 atom stereocenters. The Balaban J connectivity index is 1.66. The number of halogens is 1. The van der Waals surface area contributed by atoms with Gasteiger partial charge in [-0.25, -0.2) is 9.59 Å². The average molecular weight is 617 g/mol. The van der Waals surface area contributed by atoms with Crippen molar-refractivity contribution < 1.29 is 43.1 Å². The SMILES string of the molecule is C=C(C)C(=O)OCCCCCCOc1ccc(/C=C/C(=O)OCCCOc2ccc(/C=C/C(O)OC)cc2Cl)cc1OC. The number of hydrogen-bond donors (Lipinski definition) is 1. The minimum Gasteiger partial charge on any atom is -0.493 e. The minimum atomic E-state index is -0.984. The zero-order valence-corrected chi connectivity index (χ0v) is 25.8. The first-order chi connectivity index (χ1) is 20.7. The van der Waals surface area contributed by atoms with Gasteiger partial charge in [0.2, 0.25) is 0 Å². The average Bonchev–Trinajstić information content (AvgIpc) is 3.00. The number of aliphatic hydroxyl groups excluding tert-OH is 1. The van der Waals surface area contributed by atoms with Crippen LogP contribution in [0.2, 0.25) is 5.02 Å². The van der Waals surface area contributed by atoms with Gasteiger partial charge in [0.1, 0.15) is 5.75 Å². The van der Waals surface area contributed by atoms with Crippen LogP contribution in [0.1, 0.15) is 50.2 Å². The predicted molar refractivity (Wildman–Crippen MR) is 166 cm³/mol. The van der Waals surface area contributed by atoms with Crippen molar-refractivity contribution in [3.05, 3.63) is 76.9 Å². The van der Waals surface area contributed by atoms with E-state index in [1.54, 1.807) is 56.5 Å². The molecule has 0 bridgehead atoms. The summed E-state index contributed by atoms with van der Waals surface area (Å²) in [5.74, 6) is 0.870. The molecule has 2 aromatic rings. The number of carbonyl (C=O) groups is 2. The van der Waals surface area contributed by atoms with Crippen LogP contribution < -0.4 is 14.2 Å². The van der Waals surface area contributed by atoms with Gasteiger partial charge in [0.25, 0.3) is 0 Å². The Morgan fingerprint density at radius 1 is 0.837 bits per heavy atom. The third-order valence-corrected chi connectivity index (χ3v) is 6.21. The summed E-state index contributed by atoms with van der Waals surface area (Å²) in [5.41, 5.74) is 1.96. The molecule has 0 aliphatic rings. The fourth-order valence-corrected chi connectivity index (χ4v) is 3.81. The number of carbonyl (C=O) groups excluding carboxylic acids is 2. The molecule has 0 fully saturated rings. The van der Waals surface area contributed by atoms with Crippen molar-refractivity contribution >= 4 is 35.7 Å². The Labute approximate surface area is 258 Å². The number of benzene rings is 2. The Bertz CT molecular complexity index is 1240. The number of ether oxygens (including phenoxy) is 6. The monoisotopic (exact) mass is 616 g/mol. The third kappa shape index (κ3) is 14.3. The summed E-state index contributed by atoms with van der Waals surface area (Å²) >= 11 is 6.26. The molecule has 0 aromatic heterocycles. The second kappa shape index (κ2) is 20.2. The molecule has 0 aliphatic heterocycles. The highest BCUT2D eigenvalue weighted by Gasteiger charge is 2.07. The molecule has 0 saturated heterocycles. The summed E-state index contributed by atoms with van der Waals surface area (Å²) in [6.07, 6.45) is 9.22. The van der Waals surface area contributed by atoms with Crippen LogP contribution >= 0.6 is 11.6 Å². The van der Waals surface area contributed by atoms with Crippen LogP contribution in [0.4, 0.5) is 0 Å². The van der Waals surface area contributed by atoms with Crippen molar-refractivity contribution in [1.29, 1.82) is 0 Å². The maximum absolute atomic E-state index is 12.1. The number of hydrogen-bond acceptors (Lipinski definition) is 9. The maximum Gasteiger partial charge on any atom is 0.333 e. The van der Waals surface area contributed by atoms with Gasteiger partial charge in [-0.3, -0.25) is 0 Å². The van der Waals surface area contributed by atoms with E-state index in [9.17, 15) is 14.7 Å². The minimum absolute atomic E-state index is 0.187. The van der Waals surface area contributed by atoms with Gasteiger partial charge in [-0.2, -0.15) is 0 Å². The van der Waals surface area contributed by atoms with E-state index in [4.69, 9.17) is 40.0 Å². The molecular formula is C33H41ClO9. The van der Waals surface area contributed by atoms with Crippen LogP contribution in [-0.2, 0) is 23.8 Å². The third-order valence-electron chi connectivity index (χ3n) is 5.92. The summed E-state index contributed by atoms with van der Waals surface area (Å²) in [6.45, 7) is 6.61. The highest BCUT2D eigenvalue weighted by molar-refractivity contribution is 6.32. The number of methoxy groups -OCH3 is 2. The van der Waals surface area contributed by atoms with Gasteiger partial charge in [0.15, 0.2) is 17.8 Å². The van der Waals surface area contributed by atoms with Gasteiger partial charge >= 0.3 is 11.9 Å². The Kier molecular flexibility index (Phi) is 16.6. The molecule has 0 heterocycles. The summed E-state index contributed by atoms with van der Waals surface area (Å²) in [4.78, 5) is 23.5. The van der Waals surface area contributed by atoms with Crippen LogP contribution in [0.15, 0.2) is 60.7 Å². The maximum atomic E-state index is 12.1. The summed E-state index contributed by atoms with van der Waals surface area (Å²) in [7, 11) is 2.97. The lowest BCUT2D eigenvalue weighted by molar-refractivity contribution is -0.139. The first kappa shape index (κ1) is 35.4. The molecule has 0 saturated carbocycles. The van der Waals surface area contributed by atoms with Crippen molar-refractivity contribution in [3.63, 3.8) is 0 Å². The summed E-state index contributed by atoms with van der Waals surface area (Å²) in [5, 5.41) is 9.85. The van der Waals surface area contributed by atoms with Crippen molar-refractivity contribution in [2.75, 3.05) is 40.6 Å². The van der Waals surface area contributed by atoms with E-state index in [2.05, 4.69) is 6.58 Å². The van der Waals surface area contributed by atoms with Crippen molar-refractivity contribution in [2.45, 2.75) is 45.3 Å². The van der Waals surface area contributed by atoms with Crippen LogP contribution in [0.3, 0.4) is 0 Å². The second-order valence-electron chi connectivity index (χ2n) is 9.47. The summed E-state index contributed by atoms with van der Waals surface area (Å²) < 4.78 is 32.1. The largest absolute Gasteiger partial charge is 0.493 e. The molecule has 9 nitrogen and oxygen atoms in total. The lowest BCUT2D eigenvalue weighted by Crippen LogP contribution is -2.07. The van der Waals surface area contributed by atoms with Gasteiger partial charge in [0.05, 0.1) is 38.6 Å².